The lowest BCUT2D eigenvalue weighted by Gasteiger charge is -2.41. The Morgan fingerprint density at radius 3 is 2.29 bits per heavy atom. The smallest absolute Gasteiger partial charge is 0.0747 e. The third-order valence-electron chi connectivity index (χ3n) is 4.30. The molecule has 2 rings (SSSR count). The van der Waals surface area contributed by atoms with E-state index in [1.807, 2.05) is 0 Å². The molecule has 0 aliphatic carbocycles. The third kappa shape index (κ3) is 3.21. The van der Waals surface area contributed by atoms with Gasteiger partial charge in [0.05, 0.1) is 12.2 Å². The number of hydrogen-bond acceptors (Lipinski definition) is 3. The predicted molar refractivity (Wildman–Crippen MR) is 70.9 cm³/mol. The topological polar surface area (TPSA) is 38.5 Å². The van der Waals surface area contributed by atoms with Crippen LogP contribution in [0.4, 0.5) is 0 Å². The van der Waals surface area contributed by atoms with Gasteiger partial charge in [-0.15, -0.1) is 0 Å². The molecule has 2 aliphatic heterocycles. The van der Waals surface area contributed by atoms with Crippen LogP contribution >= 0.6 is 0 Å². The van der Waals surface area contributed by atoms with Crippen LogP contribution < -0.4 is 5.73 Å². The highest BCUT2D eigenvalue weighted by molar-refractivity contribution is 4.89. The van der Waals surface area contributed by atoms with Crippen LogP contribution in [0.1, 0.15) is 40.0 Å². The molecule has 0 radical (unpaired) electrons. The van der Waals surface area contributed by atoms with Crippen LogP contribution in [0.25, 0.3) is 0 Å². The first-order valence-electron chi connectivity index (χ1n) is 7.19. The van der Waals surface area contributed by atoms with Gasteiger partial charge in [0.15, 0.2) is 0 Å². The van der Waals surface area contributed by atoms with Crippen LogP contribution in [-0.2, 0) is 4.74 Å². The first-order chi connectivity index (χ1) is 8.10. The molecule has 5 atom stereocenters. The summed E-state index contributed by atoms with van der Waals surface area (Å²) in [6, 6.07) is 0.435. The average molecular weight is 240 g/mol. The molecule has 2 fully saturated rings. The average Bonchev–Trinajstić information content (AvgIpc) is 2.64. The van der Waals surface area contributed by atoms with Gasteiger partial charge in [0.2, 0.25) is 0 Å². The normalized spacial score (nSPS) is 41.6. The number of rotatable bonds is 3. The number of nitrogens with zero attached hydrogens (tertiary/aromatic N) is 1. The summed E-state index contributed by atoms with van der Waals surface area (Å²) in [5, 5.41) is 0. The lowest BCUT2D eigenvalue weighted by atomic mass is 9.90. The van der Waals surface area contributed by atoms with Crippen LogP contribution in [0, 0.1) is 11.8 Å². The molecule has 2 heterocycles. The van der Waals surface area contributed by atoms with Crippen molar-refractivity contribution in [3.05, 3.63) is 0 Å². The van der Waals surface area contributed by atoms with Crippen molar-refractivity contribution in [3.8, 4) is 0 Å². The summed E-state index contributed by atoms with van der Waals surface area (Å²) in [7, 11) is 0. The van der Waals surface area contributed by atoms with Gasteiger partial charge in [0.25, 0.3) is 0 Å². The summed E-state index contributed by atoms with van der Waals surface area (Å²) in [5.41, 5.74) is 6.00. The Morgan fingerprint density at radius 1 is 1.18 bits per heavy atom. The molecule has 0 spiro atoms. The van der Waals surface area contributed by atoms with Crippen molar-refractivity contribution in [2.45, 2.75) is 58.3 Å². The van der Waals surface area contributed by atoms with Gasteiger partial charge < -0.3 is 10.5 Å². The Balaban J connectivity index is 1.97. The molecule has 2 N–H and O–H groups in total. The molecule has 0 saturated carbocycles. The van der Waals surface area contributed by atoms with Crippen LogP contribution in [0.15, 0.2) is 0 Å². The lowest BCUT2D eigenvalue weighted by molar-refractivity contribution is -0.0222. The van der Waals surface area contributed by atoms with E-state index >= 15 is 0 Å². The Hall–Kier alpha value is -0.120. The monoisotopic (exact) mass is 240 g/mol. The standard InChI is InChI=1S/C14H28N2O/c1-10-6-11(2)9-16(8-10)13(7-15)14-5-4-12(3)17-14/h10-14H,4-9,15H2,1-3H3. The second kappa shape index (κ2) is 5.68. The zero-order valence-corrected chi connectivity index (χ0v) is 11.6. The molecule has 0 aromatic heterocycles. The number of likely N-dealkylation sites (tertiary alicyclic amines) is 1. The van der Waals surface area contributed by atoms with E-state index in [2.05, 4.69) is 25.7 Å². The number of ether oxygens (including phenoxy) is 1. The highest BCUT2D eigenvalue weighted by atomic mass is 16.5. The minimum absolute atomic E-state index is 0.368. The van der Waals surface area contributed by atoms with Crippen molar-refractivity contribution in [1.82, 2.24) is 4.90 Å². The van der Waals surface area contributed by atoms with Gasteiger partial charge >= 0.3 is 0 Å². The van der Waals surface area contributed by atoms with Crippen molar-refractivity contribution in [2.75, 3.05) is 19.6 Å². The SMILES string of the molecule is CC1CC(C)CN(C(CN)C2CCC(C)O2)C1. The van der Waals surface area contributed by atoms with E-state index in [0.29, 0.717) is 18.2 Å². The van der Waals surface area contributed by atoms with Crippen LogP contribution in [-0.4, -0.2) is 42.8 Å². The molecule has 0 amide bonds. The van der Waals surface area contributed by atoms with Crippen molar-refractivity contribution in [2.24, 2.45) is 17.6 Å². The van der Waals surface area contributed by atoms with Crippen LogP contribution in [0.3, 0.4) is 0 Å². The van der Waals surface area contributed by atoms with Gasteiger partial charge in [-0.2, -0.15) is 0 Å². The number of nitrogens with two attached hydrogens (primary N) is 1. The molecule has 2 aliphatic rings. The van der Waals surface area contributed by atoms with Crippen molar-refractivity contribution >= 4 is 0 Å². The molecule has 3 nitrogen and oxygen atoms in total. The fraction of sp³-hybridized carbons (Fsp3) is 1.00. The molecular weight excluding hydrogens is 212 g/mol. The minimum Gasteiger partial charge on any atom is -0.374 e. The minimum atomic E-state index is 0.368. The summed E-state index contributed by atoms with van der Waals surface area (Å²) in [6.07, 6.45) is 4.53. The molecule has 5 unspecified atom stereocenters. The first kappa shape index (κ1) is 13.3. The van der Waals surface area contributed by atoms with E-state index in [1.54, 1.807) is 0 Å². The van der Waals surface area contributed by atoms with Gasteiger partial charge in [-0.25, -0.2) is 0 Å². The van der Waals surface area contributed by atoms with E-state index in [0.717, 1.165) is 18.4 Å². The van der Waals surface area contributed by atoms with Gasteiger partial charge in [0, 0.05) is 25.7 Å². The Kier molecular flexibility index (Phi) is 4.45. The Bertz CT molecular complexity index is 236. The number of hydrogen-bond donors (Lipinski definition) is 1. The molecule has 0 aromatic carbocycles. The first-order valence-corrected chi connectivity index (χ1v) is 7.19. The zero-order valence-electron chi connectivity index (χ0n) is 11.6. The fourth-order valence-corrected chi connectivity index (χ4v) is 3.63. The van der Waals surface area contributed by atoms with Crippen LogP contribution in [0.5, 0.6) is 0 Å². The molecular formula is C14H28N2O. The summed E-state index contributed by atoms with van der Waals surface area (Å²) >= 11 is 0. The van der Waals surface area contributed by atoms with Gasteiger partial charge in [-0.05, 0) is 38.0 Å². The van der Waals surface area contributed by atoms with Gasteiger partial charge in [0.1, 0.15) is 0 Å². The van der Waals surface area contributed by atoms with E-state index in [1.165, 1.54) is 32.4 Å². The molecule has 0 aromatic rings. The largest absolute Gasteiger partial charge is 0.374 e. The second-order valence-electron chi connectivity index (χ2n) is 6.27. The zero-order chi connectivity index (χ0) is 12.4. The van der Waals surface area contributed by atoms with Crippen molar-refractivity contribution in [3.63, 3.8) is 0 Å². The summed E-state index contributed by atoms with van der Waals surface area (Å²) in [6.45, 7) is 10.0. The summed E-state index contributed by atoms with van der Waals surface area (Å²) in [5.74, 6) is 1.60. The molecule has 17 heavy (non-hydrogen) atoms. The molecule has 100 valence electrons. The maximum absolute atomic E-state index is 6.02. The number of piperidine rings is 1. The maximum Gasteiger partial charge on any atom is 0.0747 e. The molecule has 3 heteroatoms. The van der Waals surface area contributed by atoms with Gasteiger partial charge in [-0.3, -0.25) is 4.90 Å². The highest BCUT2D eigenvalue weighted by Crippen LogP contribution is 2.28. The Labute approximate surface area is 106 Å². The van der Waals surface area contributed by atoms with E-state index in [9.17, 15) is 0 Å². The maximum atomic E-state index is 6.02. The lowest BCUT2D eigenvalue weighted by Crippen LogP contribution is -2.53. The van der Waals surface area contributed by atoms with Crippen molar-refractivity contribution in [1.29, 1.82) is 0 Å². The fourth-order valence-electron chi connectivity index (χ4n) is 3.63. The van der Waals surface area contributed by atoms with E-state index in [-0.39, 0.29) is 0 Å². The van der Waals surface area contributed by atoms with E-state index < -0.39 is 0 Å². The third-order valence-corrected chi connectivity index (χ3v) is 4.30. The quantitative estimate of drug-likeness (QED) is 0.818. The highest BCUT2D eigenvalue weighted by Gasteiger charge is 2.35. The van der Waals surface area contributed by atoms with E-state index in [4.69, 9.17) is 10.5 Å². The summed E-state index contributed by atoms with van der Waals surface area (Å²) in [4.78, 5) is 2.58. The van der Waals surface area contributed by atoms with Crippen LogP contribution in [0.2, 0.25) is 0 Å². The Morgan fingerprint density at radius 2 is 1.82 bits per heavy atom. The summed E-state index contributed by atoms with van der Waals surface area (Å²) < 4.78 is 6.02. The molecule has 2 saturated heterocycles. The predicted octanol–water partition coefficient (Wildman–Crippen LogP) is 1.86. The second-order valence-corrected chi connectivity index (χ2v) is 6.27. The van der Waals surface area contributed by atoms with Gasteiger partial charge in [-0.1, -0.05) is 13.8 Å². The van der Waals surface area contributed by atoms with Crippen molar-refractivity contribution < 1.29 is 4.74 Å². The molecule has 0 bridgehead atoms.